The average Bonchev–Trinajstić information content (AvgIpc) is 2.43. The maximum Gasteiger partial charge on any atom is 0.387 e. The molecule has 0 amide bonds. The van der Waals surface area contributed by atoms with Gasteiger partial charge < -0.3 is 15.0 Å². The number of alkyl halides is 2. The molecule has 0 aromatic heterocycles. The number of nitrogens with zero attached hydrogens (tertiary/aromatic N) is 1. The Labute approximate surface area is 119 Å². The normalized spacial score (nSPS) is 12.9. The lowest BCUT2D eigenvalue weighted by atomic mass is 10.2. The van der Waals surface area contributed by atoms with Crippen molar-refractivity contribution in [2.75, 3.05) is 20.1 Å². The molecule has 0 bridgehead atoms. The van der Waals surface area contributed by atoms with Crippen LogP contribution in [-0.2, 0) is 6.54 Å². The van der Waals surface area contributed by atoms with E-state index in [1.54, 1.807) is 18.2 Å². The fourth-order valence-corrected chi connectivity index (χ4v) is 1.87. The van der Waals surface area contributed by atoms with E-state index in [1.807, 2.05) is 6.07 Å². The summed E-state index contributed by atoms with van der Waals surface area (Å²) in [6.07, 6.45) is 1.11. The van der Waals surface area contributed by atoms with Gasteiger partial charge in [-0.15, -0.1) is 0 Å². The van der Waals surface area contributed by atoms with Gasteiger partial charge in [0.2, 0.25) is 0 Å². The smallest absolute Gasteiger partial charge is 0.387 e. The van der Waals surface area contributed by atoms with Crippen LogP contribution in [0.3, 0.4) is 0 Å². The molecule has 1 unspecified atom stereocenters. The van der Waals surface area contributed by atoms with E-state index in [2.05, 4.69) is 35.8 Å². The highest BCUT2D eigenvalue weighted by molar-refractivity contribution is 5.33. The van der Waals surface area contributed by atoms with Crippen LogP contribution in [0.2, 0.25) is 0 Å². The molecule has 114 valence electrons. The summed E-state index contributed by atoms with van der Waals surface area (Å²) in [5.74, 6) is 0.241. The van der Waals surface area contributed by atoms with Crippen molar-refractivity contribution in [3.05, 3.63) is 29.8 Å². The first-order chi connectivity index (χ1) is 9.54. The summed E-state index contributed by atoms with van der Waals surface area (Å²) in [6.45, 7) is 3.82. The molecule has 0 fully saturated rings. The molecule has 1 atom stereocenters. The van der Waals surface area contributed by atoms with E-state index in [0.717, 1.165) is 25.1 Å². The summed E-state index contributed by atoms with van der Waals surface area (Å²) >= 11 is 0. The van der Waals surface area contributed by atoms with Gasteiger partial charge in [0.1, 0.15) is 5.75 Å². The van der Waals surface area contributed by atoms with E-state index in [9.17, 15) is 8.78 Å². The third kappa shape index (κ3) is 5.84. The Morgan fingerprint density at radius 1 is 1.30 bits per heavy atom. The van der Waals surface area contributed by atoms with Crippen LogP contribution in [0.5, 0.6) is 5.75 Å². The van der Waals surface area contributed by atoms with Gasteiger partial charge in [0.15, 0.2) is 0 Å². The molecule has 5 heteroatoms. The molecule has 1 N–H and O–H groups in total. The van der Waals surface area contributed by atoms with E-state index >= 15 is 0 Å². The number of halogens is 2. The average molecular weight is 286 g/mol. The number of likely N-dealkylation sites (N-methyl/N-ethyl adjacent to an activating group) is 1. The lowest BCUT2D eigenvalue weighted by Gasteiger charge is -2.23. The molecule has 0 aliphatic heterocycles. The van der Waals surface area contributed by atoms with Gasteiger partial charge in [-0.3, -0.25) is 0 Å². The van der Waals surface area contributed by atoms with Crippen LogP contribution in [0.1, 0.15) is 25.8 Å². The first kappa shape index (κ1) is 16.9. The molecular weight excluding hydrogens is 262 g/mol. The largest absolute Gasteiger partial charge is 0.434 e. The van der Waals surface area contributed by atoms with E-state index < -0.39 is 6.61 Å². The Bertz CT molecular complexity index is 388. The van der Waals surface area contributed by atoms with E-state index in [1.165, 1.54) is 0 Å². The van der Waals surface area contributed by atoms with Crippen LogP contribution >= 0.6 is 0 Å². The molecular formula is C15H24F2N2O. The summed E-state index contributed by atoms with van der Waals surface area (Å²) in [4.78, 5) is 2.27. The van der Waals surface area contributed by atoms with E-state index in [0.29, 0.717) is 12.6 Å². The molecule has 0 heterocycles. The summed E-state index contributed by atoms with van der Waals surface area (Å²) < 4.78 is 29.0. The van der Waals surface area contributed by atoms with Crippen LogP contribution in [0, 0.1) is 0 Å². The minimum atomic E-state index is -2.78. The van der Waals surface area contributed by atoms with Crippen molar-refractivity contribution in [3.8, 4) is 5.75 Å². The molecule has 3 nitrogen and oxygen atoms in total. The molecule has 1 rings (SSSR count). The van der Waals surface area contributed by atoms with Gasteiger partial charge in [-0.05, 0) is 26.5 Å². The zero-order valence-corrected chi connectivity index (χ0v) is 12.4. The van der Waals surface area contributed by atoms with Gasteiger partial charge in [-0.25, -0.2) is 0 Å². The minimum absolute atomic E-state index is 0.241. The van der Waals surface area contributed by atoms with E-state index in [4.69, 9.17) is 0 Å². The summed E-state index contributed by atoms with van der Waals surface area (Å²) in [6, 6.07) is 7.42. The fourth-order valence-electron chi connectivity index (χ4n) is 1.87. The quantitative estimate of drug-likeness (QED) is 0.706. The second kappa shape index (κ2) is 8.87. The summed E-state index contributed by atoms with van der Waals surface area (Å²) in [5.41, 5.74) is 0.749. The predicted molar refractivity (Wildman–Crippen MR) is 77.2 cm³/mol. The first-order valence-corrected chi connectivity index (χ1v) is 6.98. The number of nitrogens with one attached hydrogen (secondary N) is 1. The van der Waals surface area contributed by atoms with Crippen molar-refractivity contribution in [1.82, 2.24) is 10.2 Å². The molecule has 0 aliphatic carbocycles. The number of hydrogen-bond donors (Lipinski definition) is 1. The van der Waals surface area contributed by atoms with Crippen molar-refractivity contribution in [3.63, 3.8) is 0 Å². The molecule has 0 saturated carbocycles. The zero-order chi connectivity index (χ0) is 15.0. The molecule has 0 spiro atoms. The molecule has 1 aromatic carbocycles. The third-order valence-electron chi connectivity index (χ3n) is 3.49. The Kier molecular flexibility index (Phi) is 7.47. The van der Waals surface area contributed by atoms with Crippen LogP contribution in [-0.4, -0.2) is 37.7 Å². The van der Waals surface area contributed by atoms with Crippen molar-refractivity contribution in [2.24, 2.45) is 0 Å². The summed E-state index contributed by atoms with van der Waals surface area (Å²) in [7, 11) is 2.09. The van der Waals surface area contributed by atoms with Gasteiger partial charge in [-0.1, -0.05) is 25.1 Å². The van der Waals surface area contributed by atoms with Gasteiger partial charge in [0.25, 0.3) is 0 Å². The highest BCUT2D eigenvalue weighted by atomic mass is 19.3. The van der Waals surface area contributed by atoms with Crippen LogP contribution in [0.25, 0.3) is 0 Å². The number of para-hydroxylation sites is 1. The van der Waals surface area contributed by atoms with Crippen molar-refractivity contribution in [1.29, 1.82) is 0 Å². The van der Waals surface area contributed by atoms with Gasteiger partial charge in [0, 0.05) is 31.2 Å². The number of benzene rings is 1. The standard InChI is InChI=1S/C15H24F2N2O/c1-4-12(2)19(3)10-9-18-11-13-7-5-6-8-14(13)20-15(16)17/h5-8,12,15,18H,4,9-11H2,1-3H3. The molecule has 0 saturated heterocycles. The van der Waals surface area contributed by atoms with Crippen molar-refractivity contribution < 1.29 is 13.5 Å². The number of hydrogen-bond acceptors (Lipinski definition) is 3. The highest BCUT2D eigenvalue weighted by Crippen LogP contribution is 2.19. The Balaban J connectivity index is 2.38. The lowest BCUT2D eigenvalue weighted by molar-refractivity contribution is -0.0504. The fraction of sp³-hybridized carbons (Fsp3) is 0.600. The molecule has 0 radical (unpaired) electrons. The minimum Gasteiger partial charge on any atom is -0.434 e. The molecule has 20 heavy (non-hydrogen) atoms. The Morgan fingerprint density at radius 3 is 2.65 bits per heavy atom. The Morgan fingerprint density at radius 2 is 2.00 bits per heavy atom. The SMILES string of the molecule is CCC(C)N(C)CCNCc1ccccc1OC(F)F. The maximum atomic E-state index is 12.3. The number of rotatable bonds is 9. The van der Waals surface area contributed by atoms with Crippen LogP contribution < -0.4 is 10.1 Å². The molecule has 0 aliphatic rings. The topological polar surface area (TPSA) is 24.5 Å². The first-order valence-electron chi connectivity index (χ1n) is 6.98. The third-order valence-corrected chi connectivity index (χ3v) is 3.49. The van der Waals surface area contributed by atoms with Crippen LogP contribution in [0.4, 0.5) is 8.78 Å². The monoisotopic (exact) mass is 286 g/mol. The van der Waals surface area contributed by atoms with Crippen molar-refractivity contribution in [2.45, 2.75) is 39.5 Å². The second-order valence-corrected chi connectivity index (χ2v) is 4.90. The lowest BCUT2D eigenvalue weighted by Crippen LogP contribution is -2.34. The van der Waals surface area contributed by atoms with Crippen molar-refractivity contribution >= 4 is 0 Å². The molecule has 1 aromatic rings. The highest BCUT2D eigenvalue weighted by Gasteiger charge is 2.09. The second-order valence-electron chi connectivity index (χ2n) is 4.90. The predicted octanol–water partition coefficient (Wildman–Crippen LogP) is 3.11. The number of ether oxygens (including phenoxy) is 1. The van der Waals surface area contributed by atoms with Gasteiger partial charge >= 0.3 is 6.61 Å². The van der Waals surface area contributed by atoms with E-state index in [-0.39, 0.29) is 5.75 Å². The van der Waals surface area contributed by atoms with Gasteiger partial charge in [-0.2, -0.15) is 8.78 Å². The van der Waals surface area contributed by atoms with Crippen LogP contribution in [0.15, 0.2) is 24.3 Å². The Hall–Kier alpha value is -1.20. The summed E-state index contributed by atoms with van der Waals surface area (Å²) in [5, 5.41) is 3.26. The van der Waals surface area contributed by atoms with Gasteiger partial charge in [0.05, 0.1) is 0 Å². The zero-order valence-electron chi connectivity index (χ0n) is 12.4. The maximum absolute atomic E-state index is 12.3.